The van der Waals surface area contributed by atoms with E-state index in [9.17, 15) is 0 Å². The minimum absolute atomic E-state index is 0. The molecule has 0 aromatic carbocycles. The van der Waals surface area contributed by atoms with E-state index in [-0.39, 0.29) is 6.90 Å². The molecule has 0 spiro atoms. The second-order valence-electron chi connectivity index (χ2n) is 9.71. The molecule has 0 aliphatic carbocycles. The number of hydrogen-bond acceptors (Lipinski definition) is 3. The second-order valence-corrected chi connectivity index (χ2v) is 9.71. The van der Waals surface area contributed by atoms with Crippen LogP contribution in [0.1, 0.15) is 104 Å². The van der Waals surface area contributed by atoms with Gasteiger partial charge in [-0.2, -0.15) is 0 Å². The Bertz CT molecular complexity index is 227. The van der Waals surface area contributed by atoms with E-state index in [0.29, 0.717) is 5.41 Å². The van der Waals surface area contributed by atoms with Gasteiger partial charge in [0.15, 0.2) is 0 Å². The summed E-state index contributed by atoms with van der Waals surface area (Å²) in [5.74, 6) is 2.51. The van der Waals surface area contributed by atoms with E-state index in [1.165, 1.54) is 6.42 Å². The molecule has 0 radical (unpaired) electrons. The van der Waals surface area contributed by atoms with Gasteiger partial charge in [0.25, 0.3) is 0 Å². The Morgan fingerprint density at radius 3 is 0.939 bits per heavy atom. The van der Waals surface area contributed by atoms with Crippen molar-refractivity contribution in [2.75, 3.05) is 35.5 Å². The van der Waals surface area contributed by atoms with Gasteiger partial charge in [-0.15, -0.1) is 6.58 Å². The summed E-state index contributed by atoms with van der Waals surface area (Å²) < 4.78 is 8.50. The van der Waals surface area contributed by atoms with Gasteiger partial charge in [-0.25, -0.2) is 0 Å². The number of aliphatic hydroxyl groups is 1. The summed E-state index contributed by atoms with van der Waals surface area (Å²) in [6.45, 7) is 36.8. The van der Waals surface area contributed by atoms with Gasteiger partial charge >= 0.3 is 0 Å². The van der Waals surface area contributed by atoms with Gasteiger partial charge in [-0.1, -0.05) is 95.7 Å². The van der Waals surface area contributed by atoms with Crippen molar-refractivity contribution < 1.29 is 21.5 Å². The fraction of sp³-hybridized carbons (Fsp3) is 0.828. The van der Waals surface area contributed by atoms with Gasteiger partial charge in [0.1, 0.15) is 6.42 Å². The minimum Gasteiger partial charge on any atom is -0.412 e. The minimum atomic E-state index is 0. The molecule has 0 heterocycles. The van der Waals surface area contributed by atoms with E-state index in [0.717, 1.165) is 37.7 Å². The van der Waals surface area contributed by atoms with Crippen LogP contribution in [0.25, 0.3) is 0 Å². The number of allylic oxidation sites excluding steroid dienone is 2. The lowest BCUT2D eigenvalue weighted by Gasteiger charge is -2.19. The Morgan fingerprint density at radius 2 is 0.939 bits per heavy atom. The van der Waals surface area contributed by atoms with Gasteiger partial charge in [-0.05, 0) is 42.1 Å². The number of methoxy groups -OCH3 is 2. The smallest absolute Gasteiger partial charge is 0.103 e. The third-order valence-electron chi connectivity index (χ3n) is 1.51. The summed E-state index contributed by atoms with van der Waals surface area (Å²) in [6, 6.07) is 0. The molecule has 0 aliphatic heterocycles. The summed E-state index contributed by atoms with van der Waals surface area (Å²) >= 11 is 0. The predicted octanol–water partition coefficient (Wildman–Crippen LogP) is 8.94. The van der Waals surface area contributed by atoms with Crippen molar-refractivity contribution in [3.05, 3.63) is 32.2 Å². The lowest BCUT2D eigenvalue weighted by Crippen LogP contribution is -2.08. The molecule has 0 unspecified atom stereocenters. The highest BCUT2D eigenvalue weighted by Gasteiger charge is 2.11. The molecular formula is C29H73O4+. The molecule has 212 valence electrons. The Kier molecular flexibility index (Phi) is 112. The highest BCUT2D eigenvalue weighted by molar-refractivity contribution is 4.65. The maximum atomic E-state index is 7.00. The summed E-state index contributed by atoms with van der Waals surface area (Å²) in [7, 11) is 7.50. The Balaban J connectivity index is -0.0000000249. The molecule has 0 amide bonds. The summed E-state index contributed by atoms with van der Waals surface area (Å²) in [6.07, 6.45) is 6.88. The highest BCUT2D eigenvalue weighted by Crippen LogP contribution is 2.23. The van der Waals surface area contributed by atoms with Crippen LogP contribution in [-0.4, -0.2) is 46.1 Å². The normalized spacial score (nSPS) is 8.03. The fourth-order valence-corrected chi connectivity index (χ4v) is 1.22. The molecule has 0 aromatic heterocycles. The summed E-state index contributed by atoms with van der Waals surface area (Å²) in [4.78, 5) is 0. The zero-order chi connectivity index (χ0) is 28.2. The zero-order valence-corrected chi connectivity index (χ0v) is 26.4. The van der Waals surface area contributed by atoms with Crippen molar-refractivity contribution >= 4 is 0 Å². The van der Waals surface area contributed by atoms with Crippen LogP contribution in [0, 0.1) is 30.1 Å². The summed E-state index contributed by atoms with van der Waals surface area (Å²) in [5, 5.41) is 7.00. The largest absolute Gasteiger partial charge is 0.412 e. The van der Waals surface area contributed by atoms with Crippen LogP contribution in [0.5, 0.6) is 0 Å². The second kappa shape index (κ2) is 63.3. The molecular weight excluding hydrogens is 412 g/mol. The third kappa shape index (κ3) is 694. The standard InChI is InChI=1S/C8H18.2C4H10.C4H8.C4H7.2C2H6O.CH4O.H2O.H2/c1-7(2)6-8(3,4)5;2*1-4(2)3;2*1-3-4-2;2*1-3-2;1-2;;/h7H,6H2,1-5H3;2*4H,1-3H3;3H,1,4H2,2H3;3H,1-2,4H2;2*1-2H3;2H,1H3;1H2;1H/q;;;;+1;;;;;. The van der Waals surface area contributed by atoms with E-state index in [1.807, 2.05) is 6.08 Å². The molecule has 3 N–H and O–H groups in total. The first kappa shape index (κ1) is 58.2. The molecule has 0 aliphatic rings. The van der Waals surface area contributed by atoms with Crippen LogP contribution in [0.15, 0.2) is 25.3 Å². The van der Waals surface area contributed by atoms with Gasteiger partial charge in [0.05, 0.1) is 6.92 Å². The zero-order valence-electron chi connectivity index (χ0n) is 26.4. The van der Waals surface area contributed by atoms with Gasteiger partial charge < -0.3 is 20.1 Å². The van der Waals surface area contributed by atoms with Crippen LogP contribution in [0.2, 0.25) is 0 Å². The maximum absolute atomic E-state index is 7.00. The highest BCUT2D eigenvalue weighted by atomic mass is 16.5. The summed E-state index contributed by atoms with van der Waals surface area (Å²) in [5.41, 5.74) is 0.522. The lowest BCUT2D eigenvalue weighted by molar-refractivity contribution is 0.277. The number of ether oxygens (including phenoxy) is 2. The van der Waals surface area contributed by atoms with Crippen molar-refractivity contribution in [1.82, 2.24) is 0 Å². The monoisotopic (exact) mass is 486 g/mol. The molecule has 0 aromatic rings. The Labute approximate surface area is 215 Å². The molecule has 4 heteroatoms. The third-order valence-corrected chi connectivity index (χ3v) is 1.51. The van der Waals surface area contributed by atoms with E-state index in [1.54, 1.807) is 34.5 Å². The Morgan fingerprint density at radius 1 is 0.788 bits per heavy atom. The van der Waals surface area contributed by atoms with Crippen LogP contribution < -0.4 is 0 Å². The number of hydrogen-bond donors (Lipinski definition) is 1. The van der Waals surface area contributed by atoms with E-state index in [4.69, 9.17) is 5.11 Å². The molecule has 0 bridgehead atoms. The first-order valence-electron chi connectivity index (χ1n) is 11.8. The number of aliphatic hydroxyl groups excluding tert-OH is 1. The van der Waals surface area contributed by atoms with Gasteiger partial charge in [0.2, 0.25) is 0 Å². The fourth-order valence-electron chi connectivity index (χ4n) is 1.22. The topological polar surface area (TPSA) is 70.2 Å². The molecule has 0 atom stereocenters. The van der Waals surface area contributed by atoms with Crippen LogP contribution in [0.4, 0.5) is 0 Å². The Hall–Kier alpha value is -0.810. The SMILES string of the molecule is C=CCC.C=CC[CH2+].CC(C)C.CC(C)C.CC(C)CC(C)(C)C.CO.COC.COC.O.[HH]. The van der Waals surface area contributed by atoms with Gasteiger partial charge in [0, 0.05) is 37.0 Å². The van der Waals surface area contributed by atoms with Crippen molar-refractivity contribution in [2.24, 2.45) is 23.2 Å². The first-order valence-corrected chi connectivity index (χ1v) is 11.8. The van der Waals surface area contributed by atoms with Crippen molar-refractivity contribution in [2.45, 2.75) is 102 Å². The van der Waals surface area contributed by atoms with Crippen molar-refractivity contribution in [3.63, 3.8) is 0 Å². The van der Waals surface area contributed by atoms with Crippen molar-refractivity contribution in [3.8, 4) is 0 Å². The maximum Gasteiger partial charge on any atom is 0.103 e. The first-order chi connectivity index (χ1) is 14.5. The van der Waals surface area contributed by atoms with E-state index in [2.05, 4.69) is 113 Å². The van der Waals surface area contributed by atoms with E-state index < -0.39 is 0 Å². The predicted molar refractivity (Wildman–Crippen MR) is 160 cm³/mol. The average molecular weight is 486 g/mol. The number of rotatable bonds is 3. The molecule has 0 saturated heterocycles. The molecule has 0 rings (SSSR count). The lowest BCUT2D eigenvalue weighted by atomic mass is 9.86. The molecule has 0 saturated carbocycles. The molecule has 33 heavy (non-hydrogen) atoms. The van der Waals surface area contributed by atoms with Crippen LogP contribution in [-0.2, 0) is 9.47 Å². The molecule has 0 fully saturated rings. The quantitative estimate of drug-likeness (QED) is 0.320. The van der Waals surface area contributed by atoms with Crippen LogP contribution >= 0.6 is 0 Å². The van der Waals surface area contributed by atoms with Gasteiger partial charge in [-0.3, -0.25) is 0 Å². The average Bonchev–Trinajstić information content (AvgIpc) is 2.62. The van der Waals surface area contributed by atoms with E-state index >= 15 is 0 Å². The van der Waals surface area contributed by atoms with Crippen molar-refractivity contribution in [1.29, 1.82) is 0 Å². The molecule has 4 nitrogen and oxygen atoms in total. The van der Waals surface area contributed by atoms with Crippen LogP contribution in [0.3, 0.4) is 0 Å².